The molecule has 0 saturated carbocycles. The van der Waals surface area contributed by atoms with Gasteiger partial charge >= 0.3 is 5.97 Å². The first-order chi connectivity index (χ1) is 19.0. The fourth-order valence-electron chi connectivity index (χ4n) is 6.33. The number of hydrogen-bond donors (Lipinski definition) is 0. The molecular formula is C32H22BrNO5. The lowest BCUT2D eigenvalue weighted by atomic mass is 9.64. The van der Waals surface area contributed by atoms with Gasteiger partial charge in [0, 0.05) is 16.0 Å². The van der Waals surface area contributed by atoms with Crippen molar-refractivity contribution < 1.29 is 23.9 Å². The molecule has 0 aromatic heterocycles. The highest BCUT2D eigenvalue weighted by Crippen LogP contribution is 2.55. The van der Waals surface area contributed by atoms with Crippen molar-refractivity contribution in [3.05, 3.63) is 107 Å². The summed E-state index contributed by atoms with van der Waals surface area (Å²) in [5.74, 6) is -3.02. The largest absolute Gasteiger partial charge is 0.497 e. The number of nitrogens with zero attached hydrogens (tertiary/aromatic N) is 1. The first-order valence-electron chi connectivity index (χ1n) is 12.7. The van der Waals surface area contributed by atoms with Crippen LogP contribution in [0.15, 0.2) is 95.5 Å². The molecule has 3 aliphatic rings. The van der Waals surface area contributed by atoms with Gasteiger partial charge in [-0.2, -0.15) is 0 Å². The Morgan fingerprint density at radius 1 is 0.821 bits per heavy atom. The van der Waals surface area contributed by atoms with Crippen molar-refractivity contribution in [1.29, 1.82) is 0 Å². The van der Waals surface area contributed by atoms with Gasteiger partial charge in [-0.1, -0.05) is 64.5 Å². The lowest BCUT2D eigenvalue weighted by molar-refractivity contribution is -0.142. The molecule has 192 valence electrons. The molecule has 1 saturated heterocycles. The Hall–Kier alpha value is -4.23. The number of esters is 1. The Morgan fingerprint density at radius 2 is 1.54 bits per heavy atom. The minimum Gasteiger partial charge on any atom is -0.497 e. The zero-order valence-corrected chi connectivity index (χ0v) is 22.4. The van der Waals surface area contributed by atoms with E-state index in [1.807, 2.05) is 60.7 Å². The second-order valence-electron chi connectivity index (χ2n) is 10.0. The number of amides is 2. The third kappa shape index (κ3) is 3.57. The standard InChI is InChI=1S/C32H22BrNO5/c1-38-21-13-6-18(7-14-21)23-16-24-26-22-5-3-2-4-17(22)8-15-25(26)39-32(37)28(24)29-27(23)30(35)34(31(29)36)20-11-9-19(33)10-12-20/h2-16,23,27-29H,1H3/t23-,27-,28-,29-/m0/s1. The van der Waals surface area contributed by atoms with Crippen molar-refractivity contribution in [2.75, 3.05) is 12.0 Å². The molecule has 0 N–H and O–H groups in total. The molecule has 2 aliphatic heterocycles. The van der Waals surface area contributed by atoms with Crippen molar-refractivity contribution in [2.24, 2.45) is 17.8 Å². The summed E-state index contributed by atoms with van der Waals surface area (Å²) in [5.41, 5.74) is 2.89. The molecule has 2 amide bonds. The van der Waals surface area contributed by atoms with Gasteiger partial charge in [-0.15, -0.1) is 0 Å². The number of imide groups is 1. The monoisotopic (exact) mass is 579 g/mol. The van der Waals surface area contributed by atoms with Crippen LogP contribution in [0.1, 0.15) is 17.0 Å². The van der Waals surface area contributed by atoms with E-state index in [0.29, 0.717) is 17.2 Å². The molecule has 0 spiro atoms. The third-order valence-electron chi connectivity index (χ3n) is 8.07. The normalized spacial score (nSPS) is 23.6. The lowest BCUT2D eigenvalue weighted by Gasteiger charge is -2.38. The summed E-state index contributed by atoms with van der Waals surface area (Å²) < 4.78 is 12.0. The van der Waals surface area contributed by atoms with Gasteiger partial charge in [0.05, 0.1) is 30.6 Å². The lowest BCUT2D eigenvalue weighted by Crippen LogP contribution is -2.42. The molecule has 4 atom stereocenters. The van der Waals surface area contributed by atoms with Gasteiger partial charge in [-0.05, 0) is 64.4 Å². The van der Waals surface area contributed by atoms with E-state index in [2.05, 4.69) is 15.9 Å². The van der Waals surface area contributed by atoms with Crippen LogP contribution in [0.2, 0.25) is 0 Å². The van der Waals surface area contributed by atoms with Crippen molar-refractivity contribution in [2.45, 2.75) is 5.92 Å². The van der Waals surface area contributed by atoms with E-state index in [1.54, 1.807) is 37.4 Å². The van der Waals surface area contributed by atoms with E-state index in [-0.39, 0.29) is 11.8 Å². The maximum Gasteiger partial charge on any atom is 0.319 e. The van der Waals surface area contributed by atoms with E-state index >= 15 is 0 Å². The van der Waals surface area contributed by atoms with Crippen LogP contribution in [0, 0.1) is 17.8 Å². The summed E-state index contributed by atoms with van der Waals surface area (Å²) >= 11 is 3.42. The summed E-state index contributed by atoms with van der Waals surface area (Å²) in [5, 5.41) is 1.94. The molecule has 7 heteroatoms. The van der Waals surface area contributed by atoms with Gasteiger partial charge in [-0.3, -0.25) is 14.4 Å². The summed E-state index contributed by atoms with van der Waals surface area (Å²) in [6.07, 6.45) is 2.01. The highest BCUT2D eigenvalue weighted by Gasteiger charge is 2.60. The number of hydrogen-bond acceptors (Lipinski definition) is 5. The van der Waals surface area contributed by atoms with Crippen LogP contribution in [0.3, 0.4) is 0 Å². The van der Waals surface area contributed by atoms with E-state index in [1.165, 1.54) is 4.90 Å². The number of carbonyl (C=O) groups is 3. The van der Waals surface area contributed by atoms with Crippen LogP contribution < -0.4 is 14.4 Å². The fourth-order valence-corrected chi connectivity index (χ4v) is 6.59. The second kappa shape index (κ2) is 8.92. The van der Waals surface area contributed by atoms with Crippen LogP contribution in [-0.2, 0) is 14.4 Å². The van der Waals surface area contributed by atoms with Gasteiger partial charge < -0.3 is 9.47 Å². The smallest absolute Gasteiger partial charge is 0.319 e. The zero-order valence-electron chi connectivity index (χ0n) is 20.8. The molecule has 0 unspecified atom stereocenters. The zero-order chi connectivity index (χ0) is 26.8. The number of benzene rings is 4. The number of methoxy groups -OCH3 is 1. The number of ether oxygens (including phenoxy) is 2. The molecule has 0 bridgehead atoms. The average Bonchev–Trinajstić information content (AvgIpc) is 3.22. The highest BCUT2D eigenvalue weighted by molar-refractivity contribution is 9.10. The van der Waals surface area contributed by atoms with Gasteiger partial charge in [-0.25, -0.2) is 4.90 Å². The van der Waals surface area contributed by atoms with E-state index < -0.39 is 29.6 Å². The van der Waals surface area contributed by atoms with Crippen LogP contribution in [0.25, 0.3) is 16.3 Å². The van der Waals surface area contributed by atoms with Crippen LogP contribution in [0.5, 0.6) is 11.5 Å². The highest BCUT2D eigenvalue weighted by atomic mass is 79.9. The van der Waals surface area contributed by atoms with Gasteiger partial charge in [0.15, 0.2) is 0 Å². The Morgan fingerprint density at radius 3 is 2.28 bits per heavy atom. The number of fused-ring (bicyclic) bond motifs is 7. The minimum atomic E-state index is -0.895. The molecule has 4 aromatic carbocycles. The first-order valence-corrected chi connectivity index (χ1v) is 13.5. The molecule has 1 fully saturated rings. The van der Waals surface area contributed by atoms with Crippen molar-refractivity contribution in [3.63, 3.8) is 0 Å². The SMILES string of the molecule is COc1ccc([C@@H]2C=C3c4c(ccc5ccccc45)OC(=O)[C@@H]3[C@H]3C(=O)N(c4ccc(Br)cc4)C(=O)[C@H]32)cc1. The van der Waals surface area contributed by atoms with Crippen LogP contribution in [0.4, 0.5) is 5.69 Å². The minimum absolute atomic E-state index is 0.319. The van der Waals surface area contributed by atoms with E-state index in [0.717, 1.165) is 31.9 Å². The number of halogens is 1. The Kier molecular flexibility index (Phi) is 5.45. The van der Waals surface area contributed by atoms with Gasteiger partial charge in [0.2, 0.25) is 11.8 Å². The summed E-state index contributed by atoms with van der Waals surface area (Å²) in [6, 6.07) is 26.2. The number of anilines is 1. The molecule has 2 heterocycles. The van der Waals surface area contributed by atoms with E-state index in [9.17, 15) is 14.4 Å². The Balaban J connectivity index is 1.46. The number of carbonyl (C=O) groups excluding carboxylic acids is 3. The van der Waals surface area contributed by atoms with Crippen molar-refractivity contribution in [1.82, 2.24) is 0 Å². The predicted molar refractivity (Wildman–Crippen MR) is 150 cm³/mol. The second-order valence-corrected chi connectivity index (χ2v) is 10.9. The molecule has 0 radical (unpaired) electrons. The van der Waals surface area contributed by atoms with Crippen LogP contribution in [-0.4, -0.2) is 24.9 Å². The number of allylic oxidation sites excluding steroid dienone is 1. The summed E-state index contributed by atoms with van der Waals surface area (Å²) in [6.45, 7) is 0. The summed E-state index contributed by atoms with van der Waals surface area (Å²) in [7, 11) is 1.60. The molecule has 6 nitrogen and oxygen atoms in total. The topological polar surface area (TPSA) is 72.9 Å². The molecule has 4 aromatic rings. The molecular weight excluding hydrogens is 558 g/mol. The molecule has 1 aliphatic carbocycles. The molecule has 39 heavy (non-hydrogen) atoms. The van der Waals surface area contributed by atoms with Crippen LogP contribution >= 0.6 is 15.9 Å². The van der Waals surface area contributed by atoms with Gasteiger partial charge in [0.1, 0.15) is 11.5 Å². The van der Waals surface area contributed by atoms with E-state index in [4.69, 9.17) is 9.47 Å². The molecule has 7 rings (SSSR count). The Labute approximate surface area is 233 Å². The van der Waals surface area contributed by atoms with Crippen molar-refractivity contribution in [3.8, 4) is 11.5 Å². The Bertz CT molecular complexity index is 1710. The number of rotatable bonds is 3. The summed E-state index contributed by atoms with van der Waals surface area (Å²) in [4.78, 5) is 43.0. The first kappa shape index (κ1) is 23.9. The maximum absolute atomic E-state index is 14.1. The quantitative estimate of drug-likeness (QED) is 0.166. The third-order valence-corrected chi connectivity index (χ3v) is 8.60. The predicted octanol–water partition coefficient (Wildman–Crippen LogP) is 6.13. The maximum atomic E-state index is 14.1. The van der Waals surface area contributed by atoms with Crippen molar-refractivity contribution >= 4 is 55.7 Å². The average molecular weight is 580 g/mol. The van der Waals surface area contributed by atoms with Gasteiger partial charge in [0.25, 0.3) is 0 Å². The fraction of sp³-hybridized carbons (Fsp3) is 0.156.